The molecule has 0 radical (unpaired) electrons. The minimum atomic E-state index is -0.308. The van der Waals surface area contributed by atoms with Gasteiger partial charge in [-0.1, -0.05) is 41.9 Å². The molecular formula is C20H22ClFN2O. The van der Waals surface area contributed by atoms with Crippen LogP contribution < -0.4 is 0 Å². The van der Waals surface area contributed by atoms with Gasteiger partial charge in [0.1, 0.15) is 5.82 Å². The molecule has 0 aromatic heterocycles. The highest BCUT2D eigenvalue weighted by Gasteiger charge is 2.21. The van der Waals surface area contributed by atoms with Crippen LogP contribution in [-0.2, 0) is 17.6 Å². The molecule has 1 fully saturated rings. The van der Waals surface area contributed by atoms with Crippen LogP contribution in [0.5, 0.6) is 0 Å². The van der Waals surface area contributed by atoms with Crippen LogP contribution in [0, 0.1) is 5.82 Å². The van der Waals surface area contributed by atoms with Gasteiger partial charge in [0, 0.05) is 37.7 Å². The molecule has 25 heavy (non-hydrogen) atoms. The highest BCUT2D eigenvalue weighted by atomic mass is 35.5. The summed E-state index contributed by atoms with van der Waals surface area (Å²) in [5.41, 5.74) is 1.74. The van der Waals surface area contributed by atoms with Gasteiger partial charge in [-0.25, -0.2) is 4.39 Å². The van der Waals surface area contributed by atoms with Crippen molar-refractivity contribution >= 4 is 17.5 Å². The normalized spacial score (nSPS) is 15.4. The van der Waals surface area contributed by atoms with Crippen molar-refractivity contribution in [1.82, 2.24) is 9.80 Å². The molecule has 0 unspecified atom stereocenters. The van der Waals surface area contributed by atoms with E-state index in [2.05, 4.69) is 17.0 Å². The van der Waals surface area contributed by atoms with Crippen molar-refractivity contribution in [3.63, 3.8) is 0 Å². The predicted molar refractivity (Wildman–Crippen MR) is 98.3 cm³/mol. The summed E-state index contributed by atoms with van der Waals surface area (Å²) in [7, 11) is 0. The Labute approximate surface area is 153 Å². The first kappa shape index (κ1) is 17.9. The van der Waals surface area contributed by atoms with Crippen LogP contribution in [0.3, 0.4) is 0 Å². The quantitative estimate of drug-likeness (QED) is 0.815. The van der Waals surface area contributed by atoms with Gasteiger partial charge in [0.2, 0.25) is 5.91 Å². The lowest BCUT2D eigenvalue weighted by Gasteiger charge is -2.34. The highest BCUT2D eigenvalue weighted by molar-refractivity contribution is 6.30. The van der Waals surface area contributed by atoms with E-state index < -0.39 is 0 Å². The van der Waals surface area contributed by atoms with Gasteiger partial charge >= 0.3 is 0 Å². The molecule has 1 heterocycles. The van der Waals surface area contributed by atoms with Gasteiger partial charge in [-0.05, 0) is 35.7 Å². The molecule has 0 spiro atoms. The number of carbonyl (C=O) groups is 1. The first-order valence-corrected chi connectivity index (χ1v) is 8.97. The van der Waals surface area contributed by atoms with Crippen LogP contribution in [0.1, 0.15) is 11.1 Å². The van der Waals surface area contributed by atoms with Crippen LogP contribution in [0.4, 0.5) is 4.39 Å². The fourth-order valence-corrected chi connectivity index (χ4v) is 3.20. The minimum absolute atomic E-state index is 0.00227. The molecule has 0 atom stereocenters. The van der Waals surface area contributed by atoms with E-state index in [-0.39, 0.29) is 18.1 Å². The number of piperazine rings is 1. The maximum Gasteiger partial charge on any atom is 0.227 e. The van der Waals surface area contributed by atoms with Crippen LogP contribution in [-0.4, -0.2) is 48.4 Å². The predicted octanol–water partition coefficient (Wildman–Crippen LogP) is 3.41. The second-order valence-corrected chi connectivity index (χ2v) is 6.80. The molecule has 0 aliphatic carbocycles. The Kier molecular flexibility index (Phi) is 6.05. The van der Waals surface area contributed by atoms with E-state index in [9.17, 15) is 9.18 Å². The van der Waals surface area contributed by atoms with E-state index in [0.29, 0.717) is 18.7 Å². The molecule has 1 aliphatic heterocycles. The molecule has 132 valence electrons. The Morgan fingerprint density at radius 3 is 2.36 bits per heavy atom. The zero-order chi connectivity index (χ0) is 17.6. The Hall–Kier alpha value is -1.91. The average Bonchev–Trinajstić information content (AvgIpc) is 2.63. The first-order valence-electron chi connectivity index (χ1n) is 8.60. The summed E-state index contributed by atoms with van der Waals surface area (Å²) in [5, 5.41) is 0.755. The summed E-state index contributed by atoms with van der Waals surface area (Å²) < 4.78 is 13.7. The Balaban J connectivity index is 1.44. The van der Waals surface area contributed by atoms with Crippen LogP contribution in [0.2, 0.25) is 5.02 Å². The van der Waals surface area contributed by atoms with E-state index in [4.69, 9.17) is 11.6 Å². The molecule has 0 saturated carbocycles. The van der Waals surface area contributed by atoms with E-state index in [1.165, 1.54) is 11.6 Å². The smallest absolute Gasteiger partial charge is 0.227 e. The van der Waals surface area contributed by atoms with Crippen LogP contribution >= 0.6 is 11.6 Å². The molecule has 1 amide bonds. The van der Waals surface area contributed by atoms with Gasteiger partial charge in [0.15, 0.2) is 0 Å². The zero-order valence-corrected chi connectivity index (χ0v) is 14.9. The van der Waals surface area contributed by atoms with Gasteiger partial charge in [-0.3, -0.25) is 9.69 Å². The monoisotopic (exact) mass is 360 g/mol. The summed E-state index contributed by atoms with van der Waals surface area (Å²) in [4.78, 5) is 16.6. The van der Waals surface area contributed by atoms with Crippen molar-refractivity contribution < 1.29 is 9.18 Å². The number of benzene rings is 2. The summed E-state index contributed by atoms with van der Waals surface area (Å²) in [6, 6.07) is 14.4. The summed E-state index contributed by atoms with van der Waals surface area (Å²) in [5.74, 6) is -0.306. The SMILES string of the molecule is O=C(Cc1ccccc1F)N1CCN(CCc2ccc(Cl)cc2)CC1. The van der Waals surface area contributed by atoms with Gasteiger partial charge in [-0.2, -0.15) is 0 Å². The fourth-order valence-electron chi connectivity index (χ4n) is 3.08. The third-order valence-corrected chi connectivity index (χ3v) is 4.91. The standard InChI is InChI=1S/C20H22ClFN2O/c21-18-7-5-16(6-8-18)9-10-23-11-13-24(14-12-23)20(25)15-17-3-1-2-4-19(17)22/h1-8H,9-15H2. The number of hydrogen-bond acceptors (Lipinski definition) is 2. The molecule has 0 N–H and O–H groups in total. The lowest BCUT2D eigenvalue weighted by atomic mass is 10.1. The van der Waals surface area contributed by atoms with Crippen molar-refractivity contribution in [3.8, 4) is 0 Å². The Bertz CT molecular complexity index is 712. The van der Waals surface area contributed by atoms with Gasteiger partial charge in [0.05, 0.1) is 6.42 Å². The van der Waals surface area contributed by atoms with Gasteiger partial charge < -0.3 is 4.90 Å². The van der Waals surface area contributed by atoms with E-state index in [1.807, 2.05) is 17.0 Å². The molecule has 3 rings (SSSR count). The Morgan fingerprint density at radius 2 is 1.68 bits per heavy atom. The highest BCUT2D eigenvalue weighted by Crippen LogP contribution is 2.13. The maximum absolute atomic E-state index is 13.7. The molecule has 1 saturated heterocycles. The molecule has 3 nitrogen and oxygen atoms in total. The third kappa shape index (κ3) is 5.03. The van der Waals surface area contributed by atoms with Gasteiger partial charge in [0.25, 0.3) is 0 Å². The van der Waals surface area contributed by atoms with Crippen molar-refractivity contribution in [1.29, 1.82) is 0 Å². The molecule has 5 heteroatoms. The number of carbonyl (C=O) groups excluding carboxylic acids is 1. The lowest BCUT2D eigenvalue weighted by molar-refractivity contribution is -0.132. The number of amides is 1. The fraction of sp³-hybridized carbons (Fsp3) is 0.350. The Morgan fingerprint density at radius 1 is 1.00 bits per heavy atom. The number of halogens is 2. The number of rotatable bonds is 5. The van der Waals surface area contributed by atoms with E-state index in [1.54, 1.807) is 18.2 Å². The van der Waals surface area contributed by atoms with Crippen molar-refractivity contribution in [3.05, 3.63) is 70.5 Å². The lowest BCUT2D eigenvalue weighted by Crippen LogP contribution is -2.49. The summed E-state index contributed by atoms with van der Waals surface area (Å²) >= 11 is 5.90. The summed E-state index contributed by atoms with van der Waals surface area (Å²) in [6.07, 6.45) is 1.11. The summed E-state index contributed by atoms with van der Waals surface area (Å²) in [6.45, 7) is 4.09. The maximum atomic E-state index is 13.7. The van der Waals surface area contributed by atoms with Crippen LogP contribution in [0.25, 0.3) is 0 Å². The molecule has 0 bridgehead atoms. The first-order chi connectivity index (χ1) is 12.1. The van der Waals surface area contributed by atoms with Crippen molar-refractivity contribution in [2.24, 2.45) is 0 Å². The number of hydrogen-bond donors (Lipinski definition) is 0. The largest absolute Gasteiger partial charge is 0.340 e. The number of nitrogens with zero attached hydrogens (tertiary/aromatic N) is 2. The minimum Gasteiger partial charge on any atom is -0.340 e. The molecule has 2 aromatic carbocycles. The van der Waals surface area contributed by atoms with Crippen molar-refractivity contribution in [2.75, 3.05) is 32.7 Å². The second-order valence-electron chi connectivity index (χ2n) is 6.37. The zero-order valence-electron chi connectivity index (χ0n) is 14.1. The van der Waals surface area contributed by atoms with Crippen LogP contribution in [0.15, 0.2) is 48.5 Å². The van der Waals surface area contributed by atoms with Crippen molar-refractivity contribution in [2.45, 2.75) is 12.8 Å². The molecule has 1 aliphatic rings. The topological polar surface area (TPSA) is 23.6 Å². The molecule has 2 aromatic rings. The second kappa shape index (κ2) is 8.45. The van der Waals surface area contributed by atoms with Gasteiger partial charge in [-0.15, -0.1) is 0 Å². The van der Waals surface area contributed by atoms with E-state index >= 15 is 0 Å². The third-order valence-electron chi connectivity index (χ3n) is 4.65. The average molecular weight is 361 g/mol. The van der Waals surface area contributed by atoms with E-state index in [0.717, 1.165) is 31.1 Å². The molecular weight excluding hydrogens is 339 g/mol.